The Morgan fingerprint density at radius 2 is 2.11 bits per heavy atom. The number of hydrogen-bond donors (Lipinski definition) is 1. The second kappa shape index (κ2) is 8.03. The van der Waals surface area contributed by atoms with Gasteiger partial charge in [-0.25, -0.2) is 9.78 Å². The third-order valence-corrected chi connectivity index (χ3v) is 2.29. The van der Waals surface area contributed by atoms with Crippen LogP contribution in [-0.2, 0) is 14.6 Å². The first-order chi connectivity index (χ1) is 9.19. The van der Waals surface area contributed by atoms with Crippen molar-refractivity contribution in [3.63, 3.8) is 0 Å². The van der Waals surface area contributed by atoms with E-state index in [1.54, 1.807) is 19.1 Å². The lowest BCUT2D eigenvalue weighted by Gasteiger charge is -2.12. The van der Waals surface area contributed by atoms with Gasteiger partial charge in [0.2, 0.25) is 0 Å². The van der Waals surface area contributed by atoms with Crippen LogP contribution in [0.15, 0.2) is 36.9 Å². The first-order valence-corrected chi connectivity index (χ1v) is 5.88. The Bertz CT molecular complexity index is 465. The molecule has 0 aliphatic rings. The molecule has 0 heterocycles. The lowest BCUT2D eigenvalue weighted by atomic mass is 10.1. The van der Waals surface area contributed by atoms with E-state index in [9.17, 15) is 4.79 Å². The highest BCUT2D eigenvalue weighted by Gasteiger charge is 2.15. The molecule has 1 unspecified atom stereocenters. The molecule has 0 aromatic heterocycles. The summed E-state index contributed by atoms with van der Waals surface area (Å²) in [6.45, 7) is 5.82. The van der Waals surface area contributed by atoms with Crippen LogP contribution >= 0.6 is 0 Å². The van der Waals surface area contributed by atoms with Gasteiger partial charge in [-0.2, -0.15) is 5.26 Å². The SMILES string of the molecule is C=C(C(=O)NC(C#N)COOCC)c1ccccc1. The number of benzene rings is 1. The van der Waals surface area contributed by atoms with Gasteiger partial charge in [0.1, 0.15) is 12.6 Å². The van der Waals surface area contributed by atoms with Crippen molar-refractivity contribution in [2.75, 3.05) is 13.2 Å². The summed E-state index contributed by atoms with van der Waals surface area (Å²) in [5, 5.41) is 11.4. The number of nitriles is 1. The molecule has 0 radical (unpaired) electrons. The Hall–Kier alpha value is -2.16. The molecule has 1 atom stereocenters. The highest BCUT2D eigenvalue weighted by atomic mass is 17.2. The summed E-state index contributed by atoms with van der Waals surface area (Å²) in [7, 11) is 0. The van der Waals surface area contributed by atoms with Gasteiger partial charge < -0.3 is 5.32 Å². The smallest absolute Gasteiger partial charge is 0.252 e. The molecule has 19 heavy (non-hydrogen) atoms. The van der Waals surface area contributed by atoms with Crippen molar-refractivity contribution in [3.05, 3.63) is 42.5 Å². The normalized spacial score (nSPS) is 11.4. The Balaban J connectivity index is 2.54. The predicted molar refractivity (Wildman–Crippen MR) is 70.6 cm³/mol. The average molecular weight is 260 g/mol. The van der Waals surface area contributed by atoms with Crippen molar-refractivity contribution in [2.45, 2.75) is 13.0 Å². The summed E-state index contributed by atoms with van der Waals surface area (Å²) in [5.74, 6) is -0.405. The molecule has 0 bridgehead atoms. The molecule has 0 aliphatic heterocycles. The number of carbonyl (C=O) groups is 1. The van der Waals surface area contributed by atoms with E-state index in [4.69, 9.17) is 10.1 Å². The van der Waals surface area contributed by atoms with E-state index < -0.39 is 11.9 Å². The standard InChI is InChI=1S/C14H16N2O3/c1-3-18-19-10-13(9-15)16-14(17)11(2)12-7-5-4-6-8-12/h4-8,13H,2-3,10H2,1H3,(H,16,17). The van der Waals surface area contributed by atoms with E-state index in [-0.39, 0.29) is 6.61 Å². The Labute approximate surface area is 112 Å². The number of hydrogen-bond acceptors (Lipinski definition) is 4. The average Bonchev–Trinajstić information content (AvgIpc) is 2.46. The molecule has 1 aromatic carbocycles. The van der Waals surface area contributed by atoms with Gasteiger partial charge in [-0.15, -0.1) is 0 Å². The van der Waals surface area contributed by atoms with Gasteiger partial charge in [0, 0.05) is 5.57 Å². The number of carbonyl (C=O) groups excluding carboxylic acids is 1. The maximum atomic E-state index is 11.9. The van der Waals surface area contributed by atoms with E-state index in [1.165, 1.54) is 0 Å². The first-order valence-electron chi connectivity index (χ1n) is 5.88. The van der Waals surface area contributed by atoms with Gasteiger partial charge in [0.05, 0.1) is 12.7 Å². The summed E-state index contributed by atoms with van der Waals surface area (Å²) in [5.41, 5.74) is 1.01. The fourth-order valence-corrected chi connectivity index (χ4v) is 1.33. The molecular weight excluding hydrogens is 244 g/mol. The third kappa shape index (κ3) is 4.92. The Morgan fingerprint density at radius 1 is 1.42 bits per heavy atom. The Kier molecular flexibility index (Phi) is 6.30. The van der Waals surface area contributed by atoms with Crippen molar-refractivity contribution in [1.29, 1.82) is 5.26 Å². The van der Waals surface area contributed by atoms with Gasteiger partial charge >= 0.3 is 0 Å². The van der Waals surface area contributed by atoms with Crippen molar-refractivity contribution in [1.82, 2.24) is 5.32 Å². The van der Waals surface area contributed by atoms with E-state index in [0.717, 1.165) is 0 Å². The van der Waals surface area contributed by atoms with Gasteiger partial charge in [-0.3, -0.25) is 4.79 Å². The summed E-state index contributed by atoms with van der Waals surface area (Å²) in [6.07, 6.45) is 0. The summed E-state index contributed by atoms with van der Waals surface area (Å²) >= 11 is 0. The van der Waals surface area contributed by atoms with Crippen molar-refractivity contribution in [2.24, 2.45) is 0 Å². The number of nitrogens with zero attached hydrogens (tertiary/aromatic N) is 1. The highest BCUT2D eigenvalue weighted by Crippen LogP contribution is 2.11. The summed E-state index contributed by atoms with van der Waals surface area (Å²) in [4.78, 5) is 21.3. The van der Waals surface area contributed by atoms with Crippen LogP contribution in [0.2, 0.25) is 0 Å². The molecular formula is C14H16N2O3. The van der Waals surface area contributed by atoms with Crippen LogP contribution in [0.4, 0.5) is 0 Å². The van der Waals surface area contributed by atoms with Gasteiger partial charge in [-0.1, -0.05) is 36.9 Å². The molecule has 5 nitrogen and oxygen atoms in total. The van der Waals surface area contributed by atoms with Crippen LogP contribution in [0.5, 0.6) is 0 Å². The van der Waals surface area contributed by atoms with Gasteiger partial charge in [-0.05, 0) is 12.5 Å². The molecule has 0 saturated carbocycles. The van der Waals surface area contributed by atoms with Crippen LogP contribution in [0.25, 0.3) is 5.57 Å². The van der Waals surface area contributed by atoms with E-state index in [0.29, 0.717) is 17.7 Å². The molecule has 0 fully saturated rings. The second-order valence-electron chi connectivity index (χ2n) is 3.69. The number of nitrogens with one attached hydrogen (secondary N) is 1. The van der Waals surface area contributed by atoms with Crippen molar-refractivity contribution in [3.8, 4) is 6.07 Å². The molecule has 100 valence electrons. The fraction of sp³-hybridized carbons (Fsp3) is 0.286. The monoisotopic (exact) mass is 260 g/mol. The molecule has 1 aromatic rings. The maximum Gasteiger partial charge on any atom is 0.252 e. The molecule has 1 amide bonds. The molecule has 1 rings (SSSR count). The minimum atomic E-state index is -0.778. The molecule has 0 saturated heterocycles. The van der Waals surface area contributed by atoms with Crippen molar-refractivity contribution < 1.29 is 14.6 Å². The van der Waals surface area contributed by atoms with Crippen LogP contribution < -0.4 is 5.32 Å². The van der Waals surface area contributed by atoms with E-state index in [2.05, 4.69) is 16.8 Å². The minimum Gasteiger partial charge on any atom is -0.334 e. The first kappa shape index (κ1) is 14.9. The Morgan fingerprint density at radius 3 is 2.68 bits per heavy atom. The summed E-state index contributed by atoms with van der Waals surface area (Å²) in [6, 6.07) is 10.2. The van der Waals surface area contributed by atoms with E-state index in [1.807, 2.05) is 24.3 Å². The predicted octanol–water partition coefficient (Wildman–Crippen LogP) is 1.68. The quantitative estimate of drug-likeness (QED) is 0.350. The zero-order valence-electron chi connectivity index (χ0n) is 10.8. The van der Waals surface area contributed by atoms with Crippen LogP contribution in [-0.4, -0.2) is 25.2 Å². The molecule has 0 aliphatic carbocycles. The number of rotatable bonds is 7. The summed E-state index contributed by atoms with van der Waals surface area (Å²) < 4.78 is 0. The van der Waals surface area contributed by atoms with Crippen LogP contribution in [0.3, 0.4) is 0 Å². The third-order valence-electron chi connectivity index (χ3n) is 2.29. The maximum absolute atomic E-state index is 11.9. The molecule has 1 N–H and O–H groups in total. The van der Waals surface area contributed by atoms with Crippen LogP contribution in [0, 0.1) is 11.3 Å². The van der Waals surface area contributed by atoms with Gasteiger partial charge in [0.25, 0.3) is 5.91 Å². The zero-order chi connectivity index (χ0) is 14.1. The zero-order valence-corrected chi connectivity index (χ0v) is 10.8. The molecule has 0 spiro atoms. The largest absolute Gasteiger partial charge is 0.334 e. The lowest BCUT2D eigenvalue weighted by Crippen LogP contribution is -2.37. The van der Waals surface area contributed by atoms with Crippen LogP contribution in [0.1, 0.15) is 12.5 Å². The minimum absolute atomic E-state index is 0.0296. The van der Waals surface area contributed by atoms with Crippen molar-refractivity contribution >= 4 is 11.5 Å². The second-order valence-corrected chi connectivity index (χ2v) is 3.69. The van der Waals surface area contributed by atoms with Gasteiger partial charge in [0.15, 0.2) is 0 Å². The highest BCUT2D eigenvalue weighted by molar-refractivity contribution is 6.18. The molecule has 5 heteroatoms. The lowest BCUT2D eigenvalue weighted by molar-refractivity contribution is -0.292. The topological polar surface area (TPSA) is 71.4 Å². The number of amides is 1. The fourth-order valence-electron chi connectivity index (χ4n) is 1.33. The van der Waals surface area contributed by atoms with E-state index >= 15 is 0 Å².